The lowest BCUT2D eigenvalue weighted by atomic mass is 10.1. The first-order valence-electron chi connectivity index (χ1n) is 7.47. The molecule has 126 valence electrons. The molecule has 0 fully saturated rings. The zero-order valence-corrected chi connectivity index (χ0v) is 17.9. The summed E-state index contributed by atoms with van der Waals surface area (Å²) in [4.78, 5) is 18.1. The molecule has 0 aliphatic heterocycles. The first-order chi connectivity index (χ1) is 11.8. The van der Waals surface area contributed by atoms with Crippen molar-refractivity contribution >= 4 is 71.9 Å². The molecule has 7 heteroatoms. The third-order valence-corrected chi connectivity index (χ3v) is 6.45. The fraction of sp³-hybridized carbons (Fsp3) is 0.111. The Balaban J connectivity index is 2.03. The molecule has 2 aromatic heterocycles. The summed E-state index contributed by atoms with van der Waals surface area (Å²) >= 11 is 6.82. The van der Waals surface area contributed by atoms with E-state index < -0.39 is 0 Å². The van der Waals surface area contributed by atoms with E-state index in [-0.39, 0.29) is 11.3 Å². The molecular weight excluding hydrogens is 515 g/mol. The van der Waals surface area contributed by atoms with Crippen molar-refractivity contribution in [3.63, 3.8) is 0 Å². The topological polar surface area (TPSA) is 54.6 Å². The van der Waals surface area contributed by atoms with Crippen molar-refractivity contribution in [3.05, 3.63) is 63.9 Å². The van der Waals surface area contributed by atoms with Gasteiger partial charge in [0, 0.05) is 10.0 Å². The second-order valence-corrected chi connectivity index (χ2v) is 8.98. The van der Waals surface area contributed by atoms with E-state index in [1.54, 1.807) is 16.5 Å². The van der Waals surface area contributed by atoms with Gasteiger partial charge in [0.1, 0.15) is 5.75 Å². The van der Waals surface area contributed by atoms with Crippen LogP contribution in [-0.4, -0.2) is 14.5 Å². The van der Waals surface area contributed by atoms with Gasteiger partial charge in [-0.15, -0.1) is 0 Å². The van der Waals surface area contributed by atoms with Crippen molar-refractivity contribution in [2.75, 3.05) is 0 Å². The van der Waals surface area contributed by atoms with E-state index in [1.807, 2.05) is 32.0 Å². The monoisotopic (exact) mass is 526 g/mol. The van der Waals surface area contributed by atoms with Crippen LogP contribution in [0.15, 0.2) is 33.5 Å². The molecule has 1 N–H and O–H groups in total. The zero-order chi connectivity index (χ0) is 17.9. The predicted octanol–water partition coefficient (Wildman–Crippen LogP) is 4.15. The van der Waals surface area contributed by atoms with E-state index in [0.29, 0.717) is 15.1 Å². The minimum atomic E-state index is -0.111. The lowest BCUT2D eigenvalue weighted by Crippen LogP contribution is -2.22. The highest BCUT2D eigenvalue weighted by Crippen LogP contribution is 2.29. The Bertz CT molecular complexity index is 1280. The van der Waals surface area contributed by atoms with Crippen LogP contribution in [0.4, 0.5) is 0 Å². The number of hydrogen-bond acceptors (Lipinski definition) is 4. The maximum Gasteiger partial charge on any atom is 0.274 e. The molecule has 4 aromatic rings. The van der Waals surface area contributed by atoms with E-state index >= 15 is 0 Å². The molecule has 2 heterocycles. The molecule has 0 saturated carbocycles. The van der Waals surface area contributed by atoms with Crippen molar-refractivity contribution in [1.29, 1.82) is 0 Å². The quantitative estimate of drug-likeness (QED) is 0.379. The molecule has 0 bridgehead atoms. The number of phenols is 1. The minimum Gasteiger partial charge on any atom is -0.506 e. The molecule has 0 aliphatic carbocycles. The average Bonchev–Trinajstić information content (AvgIpc) is 3.02. The fourth-order valence-electron chi connectivity index (χ4n) is 2.76. The summed E-state index contributed by atoms with van der Waals surface area (Å²) in [5.41, 5.74) is 4.44. The predicted molar refractivity (Wildman–Crippen MR) is 114 cm³/mol. The number of rotatable bonds is 1. The van der Waals surface area contributed by atoms with Crippen LogP contribution >= 0.6 is 49.9 Å². The molecule has 4 nitrogen and oxygen atoms in total. The Morgan fingerprint density at radius 2 is 1.96 bits per heavy atom. The number of halogens is 2. The van der Waals surface area contributed by atoms with Gasteiger partial charge in [0.15, 0.2) is 4.96 Å². The molecule has 0 radical (unpaired) electrons. The van der Waals surface area contributed by atoms with Crippen LogP contribution in [0.3, 0.4) is 0 Å². The lowest BCUT2D eigenvalue weighted by Gasteiger charge is -2.02. The van der Waals surface area contributed by atoms with Crippen LogP contribution in [0.5, 0.6) is 5.75 Å². The minimum absolute atomic E-state index is 0.111. The molecule has 2 aromatic carbocycles. The van der Waals surface area contributed by atoms with Crippen molar-refractivity contribution in [2.24, 2.45) is 0 Å². The third kappa shape index (κ3) is 2.78. The van der Waals surface area contributed by atoms with E-state index in [4.69, 9.17) is 0 Å². The van der Waals surface area contributed by atoms with Gasteiger partial charge in [-0.1, -0.05) is 27.3 Å². The van der Waals surface area contributed by atoms with Crippen LogP contribution in [0.2, 0.25) is 0 Å². The number of aromatic hydroxyl groups is 1. The molecule has 0 spiro atoms. The third-order valence-electron chi connectivity index (χ3n) is 4.20. The molecule has 0 unspecified atom stereocenters. The highest BCUT2D eigenvalue weighted by atomic mass is 127. The molecule has 0 saturated heterocycles. The Morgan fingerprint density at radius 3 is 2.72 bits per heavy atom. The van der Waals surface area contributed by atoms with Crippen molar-refractivity contribution in [2.45, 2.75) is 13.8 Å². The SMILES string of the molecule is Cc1cc2nc3s/c(=C/c4cc(Br)cc(I)c4O)c(=O)n3c2cc1C. The Labute approximate surface area is 169 Å². The number of benzene rings is 2. The Kier molecular flexibility index (Phi) is 4.12. The first kappa shape index (κ1) is 17.0. The number of phenolic OH excluding ortho intramolecular Hbond substituents is 1. The van der Waals surface area contributed by atoms with E-state index in [0.717, 1.165) is 30.2 Å². The van der Waals surface area contributed by atoms with Crippen LogP contribution < -0.4 is 10.1 Å². The highest BCUT2D eigenvalue weighted by Gasteiger charge is 2.13. The molecule has 0 amide bonds. The van der Waals surface area contributed by atoms with E-state index in [9.17, 15) is 9.90 Å². The smallest absolute Gasteiger partial charge is 0.274 e. The van der Waals surface area contributed by atoms with Crippen molar-refractivity contribution in [3.8, 4) is 5.75 Å². The molecule has 0 atom stereocenters. The van der Waals surface area contributed by atoms with Gasteiger partial charge in [-0.25, -0.2) is 9.38 Å². The second-order valence-electron chi connectivity index (χ2n) is 5.90. The number of aryl methyl sites for hydroxylation is 2. The van der Waals surface area contributed by atoms with Gasteiger partial charge in [-0.3, -0.25) is 4.79 Å². The van der Waals surface area contributed by atoms with Crippen LogP contribution in [0, 0.1) is 17.4 Å². The summed E-state index contributed by atoms with van der Waals surface area (Å²) in [6, 6.07) is 7.63. The van der Waals surface area contributed by atoms with Crippen LogP contribution in [0.25, 0.3) is 22.1 Å². The molecular formula is C18H12BrIN2O2S. The largest absolute Gasteiger partial charge is 0.506 e. The van der Waals surface area contributed by atoms with Gasteiger partial charge in [-0.2, -0.15) is 0 Å². The van der Waals surface area contributed by atoms with Crippen LogP contribution in [-0.2, 0) is 0 Å². The summed E-state index contributed by atoms with van der Waals surface area (Å²) in [7, 11) is 0. The lowest BCUT2D eigenvalue weighted by molar-refractivity contribution is 0.470. The Hall–Kier alpha value is -1.45. The standard InChI is InChI=1S/C18H12BrIN2O2S/c1-8-3-13-14(4-9(8)2)22-17(24)15(25-18(22)21-13)6-10-5-11(19)7-12(20)16(10)23/h3-7,23H,1-2H3/b15-6+. The van der Waals surface area contributed by atoms with Gasteiger partial charge in [0.2, 0.25) is 0 Å². The molecule has 25 heavy (non-hydrogen) atoms. The van der Waals surface area contributed by atoms with Gasteiger partial charge in [-0.05, 0) is 77.9 Å². The van der Waals surface area contributed by atoms with Gasteiger partial charge >= 0.3 is 0 Å². The average molecular weight is 527 g/mol. The zero-order valence-electron chi connectivity index (χ0n) is 13.3. The van der Waals surface area contributed by atoms with Gasteiger partial charge < -0.3 is 5.11 Å². The summed E-state index contributed by atoms with van der Waals surface area (Å²) in [6.07, 6.45) is 1.72. The highest BCUT2D eigenvalue weighted by molar-refractivity contribution is 14.1. The number of imidazole rings is 1. The number of fused-ring (bicyclic) bond motifs is 3. The Morgan fingerprint density at radius 1 is 1.24 bits per heavy atom. The van der Waals surface area contributed by atoms with Gasteiger partial charge in [0.25, 0.3) is 5.56 Å². The van der Waals surface area contributed by atoms with Crippen molar-refractivity contribution < 1.29 is 5.11 Å². The van der Waals surface area contributed by atoms with E-state index in [2.05, 4.69) is 43.5 Å². The van der Waals surface area contributed by atoms with Crippen LogP contribution in [0.1, 0.15) is 16.7 Å². The fourth-order valence-corrected chi connectivity index (χ4v) is 5.28. The summed E-state index contributed by atoms with van der Waals surface area (Å²) in [5.74, 6) is 0.172. The molecule has 4 rings (SSSR count). The first-order valence-corrected chi connectivity index (χ1v) is 10.2. The summed E-state index contributed by atoms with van der Waals surface area (Å²) < 4.78 is 3.78. The second kappa shape index (κ2) is 6.07. The summed E-state index contributed by atoms with van der Waals surface area (Å²) in [5, 5.41) is 10.3. The van der Waals surface area contributed by atoms with E-state index in [1.165, 1.54) is 11.3 Å². The summed E-state index contributed by atoms with van der Waals surface area (Å²) in [6.45, 7) is 4.07. The maximum absolute atomic E-state index is 12.9. The maximum atomic E-state index is 12.9. The van der Waals surface area contributed by atoms with Crippen molar-refractivity contribution in [1.82, 2.24) is 9.38 Å². The number of aromatic nitrogens is 2. The normalized spacial score (nSPS) is 12.6. The van der Waals surface area contributed by atoms with Gasteiger partial charge in [0.05, 0.1) is 19.1 Å². The number of nitrogens with zero attached hydrogens (tertiary/aromatic N) is 2. The number of thiazole rings is 1. The molecule has 0 aliphatic rings. The number of hydrogen-bond donors (Lipinski definition) is 1.